The molecule has 1 unspecified atom stereocenters. The Morgan fingerprint density at radius 2 is 1.89 bits per heavy atom. The molecule has 2 rings (SSSR count). The van der Waals surface area contributed by atoms with Crippen LogP contribution in [0.4, 0.5) is 0 Å². The van der Waals surface area contributed by atoms with Crippen molar-refractivity contribution in [3.63, 3.8) is 0 Å². The molecule has 1 atom stereocenters. The molecule has 0 aromatic carbocycles. The second kappa shape index (κ2) is 6.95. The number of hydrogen-bond donors (Lipinski definition) is 2. The number of rotatable bonds is 5. The molecule has 19 heavy (non-hydrogen) atoms. The van der Waals surface area contributed by atoms with Crippen LogP contribution in [0.5, 0.6) is 0 Å². The van der Waals surface area contributed by atoms with Crippen molar-refractivity contribution in [2.45, 2.75) is 63.1 Å². The molecule has 0 bridgehead atoms. The highest BCUT2D eigenvalue weighted by atomic mass is 32.2. The number of carbonyl (C=O) groups excluding carboxylic acids is 1. The Bertz CT molecular complexity index is 301. The maximum absolute atomic E-state index is 12.4. The van der Waals surface area contributed by atoms with Crippen molar-refractivity contribution in [1.29, 1.82) is 0 Å². The summed E-state index contributed by atoms with van der Waals surface area (Å²) in [5, 5.41) is 0. The average Bonchev–Trinajstić information content (AvgIpc) is 2.36. The summed E-state index contributed by atoms with van der Waals surface area (Å²) in [6.45, 7) is 0. The van der Waals surface area contributed by atoms with Crippen LogP contribution in [0, 0.1) is 5.92 Å². The molecule has 0 radical (unpaired) electrons. The molecule has 2 aliphatic rings. The van der Waals surface area contributed by atoms with Crippen molar-refractivity contribution in [1.82, 2.24) is 9.62 Å². The van der Waals surface area contributed by atoms with E-state index in [-0.39, 0.29) is 11.9 Å². The molecule has 2 saturated carbocycles. The summed E-state index contributed by atoms with van der Waals surface area (Å²) >= 11 is 1.69. The zero-order chi connectivity index (χ0) is 13.8. The second-order valence-electron chi connectivity index (χ2n) is 5.99. The molecule has 4 nitrogen and oxygen atoms in total. The maximum atomic E-state index is 12.4. The number of hydrogen-bond acceptors (Lipinski definition) is 4. The molecule has 2 fully saturated rings. The van der Waals surface area contributed by atoms with Crippen LogP contribution in [0.2, 0.25) is 0 Å². The summed E-state index contributed by atoms with van der Waals surface area (Å²) in [7, 11) is 1.92. The third-order valence-corrected chi connectivity index (χ3v) is 5.39. The van der Waals surface area contributed by atoms with Crippen LogP contribution < -0.4 is 10.5 Å². The lowest BCUT2D eigenvalue weighted by atomic mass is 9.81. The summed E-state index contributed by atoms with van der Waals surface area (Å²) in [5.41, 5.74) is 6.21. The van der Waals surface area contributed by atoms with Crippen LogP contribution in [0.15, 0.2) is 0 Å². The van der Waals surface area contributed by atoms with Gasteiger partial charge in [0, 0.05) is 19.1 Å². The van der Waals surface area contributed by atoms with Gasteiger partial charge >= 0.3 is 0 Å². The molecule has 0 heterocycles. The van der Waals surface area contributed by atoms with Gasteiger partial charge in [0.2, 0.25) is 5.91 Å². The van der Waals surface area contributed by atoms with Gasteiger partial charge in [-0.15, -0.1) is 0 Å². The SMILES string of the molecule is CSNC1CCC(C(N)C(=O)N(C)C2CCC2)CC1. The van der Waals surface area contributed by atoms with Crippen molar-refractivity contribution in [2.24, 2.45) is 11.7 Å². The van der Waals surface area contributed by atoms with Crippen LogP contribution in [-0.2, 0) is 4.79 Å². The molecular weight excluding hydrogens is 258 g/mol. The lowest BCUT2D eigenvalue weighted by Crippen LogP contribution is -2.52. The fourth-order valence-corrected chi connectivity index (χ4v) is 3.72. The van der Waals surface area contributed by atoms with Gasteiger partial charge in [0.15, 0.2) is 0 Å². The largest absolute Gasteiger partial charge is 0.341 e. The van der Waals surface area contributed by atoms with Gasteiger partial charge in [-0.3, -0.25) is 9.52 Å². The normalized spacial score (nSPS) is 29.6. The summed E-state index contributed by atoms with van der Waals surface area (Å²) < 4.78 is 3.41. The summed E-state index contributed by atoms with van der Waals surface area (Å²) in [5.74, 6) is 0.529. The third-order valence-electron chi connectivity index (χ3n) is 4.82. The molecule has 2 aliphatic carbocycles. The summed E-state index contributed by atoms with van der Waals surface area (Å²) in [4.78, 5) is 14.3. The van der Waals surface area contributed by atoms with Crippen LogP contribution in [-0.4, -0.2) is 42.2 Å². The minimum atomic E-state index is -0.291. The Morgan fingerprint density at radius 3 is 2.37 bits per heavy atom. The highest BCUT2D eigenvalue weighted by molar-refractivity contribution is 7.96. The predicted octanol–water partition coefficient (Wildman–Crippen LogP) is 1.75. The highest BCUT2D eigenvalue weighted by Gasteiger charge is 2.34. The fraction of sp³-hybridized carbons (Fsp3) is 0.929. The van der Waals surface area contributed by atoms with Gasteiger partial charge in [0.05, 0.1) is 6.04 Å². The molecule has 5 heteroatoms. The van der Waals surface area contributed by atoms with E-state index in [2.05, 4.69) is 11.0 Å². The zero-order valence-electron chi connectivity index (χ0n) is 12.1. The van der Waals surface area contributed by atoms with Gasteiger partial charge in [0.25, 0.3) is 0 Å². The molecule has 1 amide bonds. The van der Waals surface area contributed by atoms with Gasteiger partial charge in [0.1, 0.15) is 0 Å². The number of carbonyl (C=O) groups is 1. The molecular formula is C14H27N3OS. The average molecular weight is 285 g/mol. The van der Waals surface area contributed by atoms with Crippen molar-refractivity contribution in [3.8, 4) is 0 Å². The first-order valence-electron chi connectivity index (χ1n) is 7.44. The lowest BCUT2D eigenvalue weighted by molar-refractivity contribution is -0.136. The molecule has 110 valence electrons. The molecule has 0 aliphatic heterocycles. The summed E-state index contributed by atoms with van der Waals surface area (Å²) in [6.07, 6.45) is 10.0. The van der Waals surface area contributed by atoms with E-state index in [1.54, 1.807) is 11.9 Å². The van der Waals surface area contributed by atoms with Gasteiger partial charge < -0.3 is 10.6 Å². The topological polar surface area (TPSA) is 58.4 Å². The Labute approximate surface area is 121 Å². The van der Waals surface area contributed by atoms with Crippen LogP contribution >= 0.6 is 11.9 Å². The van der Waals surface area contributed by atoms with Crippen molar-refractivity contribution in [2.75, 3.05) is 13.3 Å². The van der Waals surface area contributed by atoms with E-state index >= 15 is 0 Å². The number of nitrogens with zero attached hydrogens (tertiary/aromatic N) is 1. The van der Waals surface area contributed by atoms with Gasteiger partial charge in [-0.25, -0.2) is 0 Å². The number of likely N-dealkylation sites (N-methyl/N-ethyl adjacent to an activating group) is 1. The number of nitrogens with one attached hydrogen (secondary N) is 1. The molecule has 0 spiro atoms. The van der Waals surface area contributed by atoms with Crippen molar-refractivity contribution in [3.05, 3.63) is 0 Å². The Kier molecular flexibility index (Phi) is 5.54. The number of amides is 1. The third kappa shape index (κ3) is 3.64. The van der Waals surface area contributed by atoms with Crippen molar-refractivity contribution < 1.29 is 4.79 Å². The maximum Gasteiger partial charge on any atom is 0.239 e. The van der Waals surface area contributed by atoms with E-state index in [1.807, 2.05) is 11.9 Å². The van der Waals surface area contributed by atoms with Crippen LogP contribution in [0.25, 0.3) is 0 Å². The van der Waals surface area contributed by atoms with E-state index in [9.17, 15) is 4.79 Å². The quantitative estimate of drug-likeness (QED) is 0.756. The van der Waals surface area contributed by atoms with E-state index in [1.165, 1.54) is 6.42 Å². The first-order chi connectivity index (χ1) is 9.13. The first kappa shape index (κ1) is 15.1. The lowest BCUT2D eigenvalue weighted by Gasteiger charge is -2.38. The number of nitrogens with two attached hydrogens (primary N) is 1. The minimum Gasteiger partial charge on any atom is -0.341 e. The first-order valence-corrected chi connectivity index (χ1v) is 8.66. The van der Waals surface area contributed by atoms with Crippen molar-refractivity contribution >= 4 is 17.9 Å². The second-order valence-corrected chi connectivity index (χ2v) is 6.64. The molecule has 0 saturated heterocycles. The monoisotopic (exact) mass is 285 g/mol. The Balaban J connectivity index is 1.79. The fourth-order valence-electron chi connectivity index (χ4n) is 3.15. The minimum absolute atomic E-state index is 0.158. The van der Waals surface area contributed by atoms with Gasteiger partial charge in [-0.2, -0.15) is 0 Å². The Morgan fingerprint density at radius 1 is 1.26 bits per heavy atom. The smallest absolute Gasteiger partial charge is 0.239 e. The predicted molar refractivity (Wildman–Crippen MR) is 80.8 cm³/mol. The standard InChI is InChI=1S/C14H27N3OS/c1-17(12-4-3-5-12)14(18)13(15)10-6-8-11(9-7-10)16-19-2/h10-13,16H,3-9,15H2,1-2H3. The zero-order valence-corrected chi connectivity index (χ0v) is 12.9. The van der Waals surface area contributed by atoms with Gasteiger partial charge in [-0.1, -0.05) is 11.9 Å². The highest BCUT2D eigenvalue weighted by Crippen LogP contribution is 2.29. The van der Waals surface area contributed by atoms with E-state index in [4.69, 9.17) is 5.73 Å². The van der Waals surface area contributed by atoms with Gasteiger partial charge in [-0.05, 0) is 57.1 Å². The van der Waals surface area contributed by atoms with Crippen LogP contribution in [0.3, 0.4) is 0 Å². The Hall–Kier alpha value is -0.260. The molecule has 0 aromatic rings. The van der Waals surface area contributed by atoms with E-state index < -0.39 is 0 Å². The van der Waals surface area contributed by atoms with E-state index in [0.717, 1.165) is 38.5 Å². The van der Waals surface area contributed by atoms with E-state index in [0.29, 0.717) is 18.0 Å². The summed E-state index contributed by atoms with van der Waals surface area (Å²) in [6, 6.07) is 0.756. The molecule has 3 N–H and O–H groups in total. The molecule has 0 aromatic heterocycles. The van der Waals surface area contributed by atoms with Crippen LogP contribution in [0.1, 0.15) is 44.9 Å².